The molecule has 1 aliphatic heterocycles. The number of carbonyl (C=O) groups is 1. The molecule has 30 heavy (non-hydrogen) atoms. The number of rotatable bonds is 9. The van der Waals surface area contributed by atoms with Gasteiger partial charge in [0.05, 0.1) is 5.75 Å². The quantitative estimate of drug-likeness (QED) is 0.481. The highest BCUT2D eigenvalue weighted by Crippen LogP contribution is 2.24. The molecule has 0 bridgehead atoms. The number of nitrogens with one attached hydrogen (secondary N) is 1. The van der Waals surface area contributed by atoms with Gasteiger partial charge in [-0.2, -0.15) is 0 Å². The standard InChI is InChI=1S/C22H33N5O2S/c1-5-17-13-20(27-11-9-26(6-2)10-12-27)25-22(24-17)30-15-18-7-8-19(29-18)21(28)23-14-16(3)4/h7-8,13,16H,5-6,9-12,14-15H2,1-4H3,(H,23,28). The molecule has 1 saturated heterocycles. The van der Waals surface area contributed by atoms with E-state index < -0.39 is 0 Å². The molecule has 164 valence electrons. The van der Waals surface area contributed by atoms with E-state index in [-0.39, 0.29) is 5.91 Å². The van der Waals surface area contributed by atoms with E-state index >= 15 is 0 Å². The maximum absolute atomic E-state index is 12.1. The van der Waals surface area contributed by atoms with Crippen molar-refractivity contribution >= 4 is 23.5 Å². The molecule has 3 rings (SSSR count). The van der Waals surface area contributed by atoms with E-state index in [2.05, 4.69) is 53.9 Å². The van der Waals surface area contributed by atoms with Crippen LogP contribution < -0.4 is 10.2 Å². The Kier molecular flexibility index (Phi) is 8.16. The third-order valence-corrected chi connectivity index (χ3v) is 6.02. The Hall–Kier alpha value is -2.06. The van der Waals surface area contributed by atoms with E-state index in [9.17, 15) is 4.79 Å². The number of hydrogen-bond acceptors (Lipinski definition) is 7. The Balaban J connectivity index is 1.62. The van der Waals surface area contributed by atoms with Gasteiger partial charge in [0.1, 0.15) is 11.6 Å². The Morgan fingerprint density at radius 2 is 1.97 bits per heavy atom. The smallest absolute Gasteiger partial charge is 0.287 e. The SMILES string of the molecule is CCc1cc(N2CCN(CC)CC2)nc(SCc2ccc(C(=O)NCC(C)C)o2)n1. The molecule has 0 unspecified atom stereocenters. The lowest BCUT2D eigenvalue weighted by atomic mass is 10.2. The Bertz CT molecular complexity index is 831. The molecular formula is C22H33N5O2S. The second-order valence-electron chi connectivity index (χ2n) is 7.93. The molecule has 0 spiro atoms. The molecule has 0 saturated carbocycles. The first kappa shape index (κ1) is 22.6. The summed E-state index contributed by atoms with van der Waals surface area (Å²) in [4.78, 5) is 26.4. The van der Waals surface area contributed by atoms with Gasteiger partial charge in [0, 0.05) is 44.5 Å². The number of furan rings is 1. The predicted molar refractivity (Wildman–Crippen MR) is 121 cm³/mol. The summed E-state index contributed by atoms with van der Waals surface area (Å²) in [6.45, 7) is 14.3. The third-order valence-electron chi connectivity index (χ3n) is 5.15. The maximum Gasteiger partial charge on any atom is 0.287 e. The van der Waals surface area contributed by atoms with Gasteiger partial charge in [0.25, 0.3) is 5.91 Å². The van der Waals surface area contributed by atoms with E-state index in [1.54, 1.807) is 17.8 Å². The second-order valence-corrected chi connectivity index (χ2v) is 8.88. The van der Waals surface area contributed by atoms with Gasteiger partial charge in [-0.3, -0.25) is 4.79 Å². The first-order chi connectivity index (χ1) is 14.5. The molecular weight excluding hydrogens is 398 g/mol. The molecule has 0 aromatic carbocycles. The molecule has 0 radical (unpaired) electrons. The third kappa shape index (κ3) is 6.22. The van der Waals surface area contributed by atoms with E-state index in [0.717, 1.165) is 61.6 Å². The zero-order valence-corrected chi connectivity index (χ0v) is 19.3. The minimum Gasteiger partial charge on any atom is -0.455 e. The number of thioether (sulfide) groups is 1. The number of likely N-dealkylation sites (N-methyl/N-ethyl adjacent to an activating group) is 1. The van der Waals surface area contributed by atoms with Crippen molar-refractivity contribution in [3.8, 4) is 0 Å². The van der Waals surface area contributed by atoms with Crippen molar-refractivity contribution in [2.75, 3.05) is 44.2 Å². The van der Waals surface area contributed by atoms with Crippen molar-refractivity contribution in [1.29, 1.82) is 0 Å². The molecule has 1 amide bonds. The summed E-state index contributed by atoms with van der Waals surface area (Å²) in [6, 6.07) is 5.69. The molecule has 0 atom stereocenters. The molecule has 1 aliphatic rings. The lowest BCUT2D eigenvalue weighted by Crippen LogP contribution is -2.46. The van der Waals surface area contributed by atoms with Crippen molar-refractivity contribution in [3.63, 3.8) is 0 Å². The minimum atomic E-state index is -0.169. The van der Waals surface area contributed by atoms with Crippen LogP contribution >= 0.6 is 11.8 Å². The van der Waals surface area contributed by atoms with Gasteiger partial charge in [-0.15, -0.1) is 0 Å². The molecule has 0 aliphatic carbocycles. The van der Waals surface area contributed by atoms with Crippen molar-refractivity contribution in [2.24, 2.45) is 5.92 Å². The van der Waals surface area contributed by atoms with Crippen LogP contribution in [0.4, 0.5) is 5.82 Å². The van der Waals surface area contributed by atoms with Gasteiger partial charge in [-0.1, -0.05) is 39.5 Å². The van der Waals surface area contributed by atoms with Crippen LogP contribution in [0.2, 0.25) is 0 Å². The Morgan fingerprint density at radius 3 is 2.63 bits per heavy atom. The number of amides is 1. The highest BCUT2D eigenvalue weighted by Gasteiger charge is 2.19. The molecule has 2 aromatic heterocycles. The van der Waals surface area contributed by atoms with Crippen LogP contribution in [0.1, 0.15) is 49.7 Å². The van der Waals surface area contributed by atoms with E-state index in [1.807, 2.05) is 6.07 Å². The topological polar surface area (TPSA) is 74.5 Å². The zero-order chi connectivity index (χ0) is 21.5. The van der Waals surface area contributed by atoms with Crippen LogP contribution in [0.3, 0.4) is 0 Å². The number of nitrogens with zero attached hydrogens (tertiary/aromatic N) is 4. The lowest BCUT2D eigenvalue weighted by molar-refractivity contribution is 0.0920. The average molecular weight is 432 g/mol. The summed E-state index contributed by atoms with van der Waals surface area (Å²) in [7, 11) is 0. The van der Waals surface area contributed by atoms with Gasteiger partial charge in [0.2, 0.25) is 0 Å². The van der Waals surface area contributed by atoms with Crippen LogP contribution in [0, 0.1) is 5.92 Å². The molecule has 2 aromatic rings. The van der Waals surface area contributed by atoms with Crippen molar-refractivity contribution < 1.29 is 9.21 Å². The fourth-order valence-electron chi connectivity index (χ4n) is 3.26. The normalized spacial score (nSPS) is 15.0. The molecule has 7 nitrogen and oxygen atoms in total. The van der Waals surface area contributed by atoms with Crippen LogP contribution in [-0.4, -0.2) is 60.0 Å². The maximum atomic E-state index is 12.1. The van der Waals surface area contributed by atoms with Crippen molar-refractivity contribution in [2.45, 2.75) is 45.0 Å². The minimum absolute atomic E-state index is 0.169. The number of aromatic nitrogens is 2. The summed E-state index contributed by atoms with van der Waals surface area (Å²) >= 11 is 1.54. The Morgan fingerprint density at radius 1 is 1.20 bits per heavy atom. The van der Waals surface area contributed by atoms with Gasteiger partial charge in [0.15, 0.2) is 10.9 Å². The van der Waals surface area contributed by atoms with Crippen LogP contribution in [0.25, 0.3) is 0 Å². The first-order valence-electron chi connectivity index (χ1n) is 10.8. The van der Waals surface area contributed by atoms with Crippen LogP contribution in [0.15, 0.2) is 27.8 Å². The molecule has 3 heterocycles. The highest BCUT2D eigenvalue weighted by molar-refractivity contribution is 7.98. The molecule has 1 fully saturated rings. The number of aryl methyl sites for hydroxylation is 1. The lowest BCUT2D eigenvalue weighted by Gasteiger charge is -2.34. The average Bonchev–Trinajstić information content (AvgIpc) is 3.25. The van der Waals surface area contributed by atoms with Crippen LogP contribution in [-0.2, 0) is 12.2 Å². The van der Waals surface area contributed by atoms with Gasteiger partial charge < -0.3 is 19.5 Å². The zero-order valence-electron chi connectivity index (χ0n) is 18.5. The summed E-state index contributed by atoms with van der Waals surface area (Å²) < 4.78 is 5.72. The molecule has 8 heteroatoms. The summed E-state index contributed by atoms with van der Waals surface area (Å²) in [6.07, 6.45) is 0.874. The van der Waals surface area contributed by atoms with Crippen LogP contribution in [0.5, 0.6) is 0 Å². The van der Waals surface area contributed by atoms with Gasteiger partial charge >= 0.3 is 0 Å². The second kappa shape index (κ2) is 10.8. The summed E-state index contributed by atoms with van der Waals surface area (Å²) in [5.74, 6) is 2.93. The van der Waals surface area contributed by atoms with E-state index in [1.165, 1.54) is 0 Å². The monoisotopic (exact) mass is 431 g/mol. The largest absolute Gasteiger partial charge is 0.455 e. The number of hydrogen-bond donors (Lipinski definition) is 1. The number of carbonyl (C=O) groups excluding carboxylic acids is 1. The summed E-state index contributed by atoms with van der Waals surface area (Å²) in [5.41, 5.74) is 1.05. The summed E-state index contributed by atoms with van der Waals surface area (Å²) in [5, 5.41) is 3.63. The fraction of sp³-hybridized carbons (Fsp3) is 0.591. The highest BCUT2D eigenvalue weighted by atomic mass is 32.2. The van der Waals surface area contributed by atoms with Gasteiger partial charge in [-0.05, 0) is 31.0 Å². The van der Waals surface area contributed by atoms with Crippen molar-refractivity contribution in [3.05, 3.63) is 35.4 Å². The Labute approximate surface area is 183 Å². The molecule has 1 N–H and O–H groups in total. The first-order valence-corrected chi connectivity index (χ1v) is 11.8. The van der Waals surface area contributed by atoms with E-state index in [4.69, 9.17) is 9.40 Å². The number of piperazine rings is 1. The van der Waals surface area contributed by atoms with Crippen molar-refractivity contribution in [1.82, 2.24) is 20.2 Å². The van der Waals surface area contributed by atoms with Gasteiger partial charge in [-0.25, -0.2) is 9.97 Å². The predicted octanol–water partition coefficient (Wildman–Crippen LogP) is 3.45. The fourth-order valence-corrected chi connectivity index (χ4v) is 4.02. The number of anilines is 1. The van der Waals surface area contributed by atoms with E-state index in [0.29, 0.717) is 24.0 Å².